The number of nitrogens with one attached hydrogen (secondary N) is 1. The molecule has 0 unspecified atom stereocenters. The summed E-state index contributed by atoms with van der Waals surface area (Å²) in [6, 6.07) is 7.57. The zero-order valence-electron chi connectivity index (χ0n) is 9.76. The Morgan fingerprint density at radius 3 is 2.78 bits per heavy atom. The fourth-order valence-corrected chi connectivity index (χ4v) is 1.97. The van der Waals surface area contributed by atoms with E-state index in [0.29, 0.717) is 0 Å². The first-order valence-corrected chi connectivity index (χ1v) is 5.93. The summed E-state index contributed by atoms with van der Waals surface area (Å²) >= 11 is 5.87. The Balaban J connectivity index is 2.04. The molecule has 4 nitrogen and oxygen atoms in total. The molecule has 2 heterocycles. The first kappa shape index (κ1) is 11.0. The van der Waals surface area contributed by atoms with Gasteiger partial charge >= 0.3 is 0 Å². The van der Waals surface area contributed by atoms with Gasteiger partial charge in [-0.25, -0.2) is 4.98 Å². The minimum absolute atomic E-state index is 0.722. The molecule has 3 aromatic rings. The van der Waals surface area contributed by atoms with E-state index in [1.54, 1.807) is 12.4 Å². The lowest BCUT2D eigenvalue weighted by Gasteiger charge is -2.07. The number of anilines is 2. The summed E-state index contributed by atoms with van der Waals surface area (Å²) in [5.74, 6) is 0.940. The highest BCUT2D eigenvalue weighted by Crippen LogP contribution is 2.22. The number of rotatable bonds is 2. The van der Waals surface area contributed by atoms with E-state index in [9.17, 15) is 0 Å². The van der Waals surface area contributed by atoms with E-state index in [0.717, 1.165) is 27.9 Å². The van der Waals surface area contributed by atoms with Crippen LogP contribution in [0.3, 0.4) is 0 Å². The number of aromatic nitrogens is 3. The molecule has 0 bridgehead atoms. The molecule has 5 heteroatoms. The van der Waals surface area contributed by atoms with Crippen molar-refractivity contribution in [2.24, 2.45) is 0 Å². The Hall–Kier alpha value is -2.07. The van der Waals surface area contributed by atoms with Crippen molar-refractivity contribution < 1.29 is 0 Å². The molecular formula is C13H11ClN4. The number of hydrogen-bond acceptors (Lipinski definition) is 3. The molecule has 1 N–H and O–H groups in total. The van der Waals surface area contributed by atoms with Gasteiger partial charge in [0.05, 0.1) is 11.9 Å². The molecule has 0 saturated carbocycles. The summed E-state index contributed by atoms with van der Waals surface area (Å²) in [6.45, 7) is 1.96. The first-order valence-electron chi connectivity index (χ1n) is 5.55. The molecule has 0 atom stereocenters. The summed E-state index contributed by atoms with van der Waals surface area (Å²) in [5.41, 5.74) is 2.73. The van der Waals surface area contributed by atoms with Gasteiger partial charge in [-0.15, -0.1) is 0 Å². The van der Waals surface area contributed by atoms with Gasteiger partial charge in [-0.2, -0.15) is 0 Å². The predicted octanol–water partition coefficient (Wildman–Crippen LogP) is 3.43. The van der Waals surface area contributed by atoms with Gasteiger partial charge in [0.15, 0.2) is 5.65 Å². The molecule has 3 rings (SSSR count). The zero-order chi connectivity index (χ0) is 12.5. The van der Waals surface area contributed by atoms with Crippen LogP contribution in [0.1, 0.15) is 5.69 Å². The van der Waals surface area contributed by atoms with Crippen LogP contribution < -0.4 is 5.32 Å². The Kier molecular flexibility index (Phi) is 2.64. The maximum atomic E-state index is 5.87. The zero-order valence-corrected chi connectivity index (χ0v) is 10.5. The van der Waals surface area contributed by atoms with Crippen LogP contribution in [0.5, 0.6) is 0 Å². The van der Waals surface area contributed by atoms with Crippen molar-refractivity contribution in [3.8, 4) is 0 Å². The topological polar surface area (TPSA) is 42.2 Å². The molecule has 0 aliphatic carbocycles. The predicted molar refractivity (Wildman–Crippen MR) is 72.5 cm³/mol. The molecular weight excluding hydrogens is 248 g/mol. The molecule has 1 aromatic carbocycles. The Bertz CT molecular complexity index is 688. The van der Waals surface area contributed by atoms with Crippen molar-refractivity contribution in [3.63, 3.8) is 0 Å². The van der Waals surface area contributed by atoms with Gasteiger partial charge in [0.2, 0.25) is 0 Å². The van der Waals surface area contributed by atoms with Gasteiger partial charge in [0.25, 0.3) is 0 Å². The first-order chi connectivity index (χ1) is 8.74. The molecule has 0 spiro atoms. The fourth-order valence-electron chi connectivity index (χ4n) is 1.84. The summed E-state index contributed by atoms with van der Waals surface area (Å²) in [7, 11) is 0. The minimum atomic E-state index is 0.722. The highest BCUT2D eigenvalue weighted by atomic mass is 35.5. The van der Waals surface area contributed by atoms with Crippen molar-refractivity contribution in [2.75, 3.05) is 5.32 Å². The van der Waals surface area contributed by atoms with E-state index < -0.39 is 0 Å². The standard InChI is InChI=1S/C13H11ClN4/c1-9-13(17-11-4-2-10(14)3-5-11)18-7-6-15-8-12(18)16-9/h2-8,17H,1H3. The van der Waals surface area contributed by atoms with Crippen LogP contribution in [0.4, 0.5) is 11.5 Å². The number of nitrogens with zero attached hydrogens (tertiary/aromatic N) is 3. The van der Waals surface area contributed by atoms with Crippen molar-refractivity contribution >= 4 is 28.8 Å². The molecule has 2 aromatic heterocycles. The number of fused-ring (bicyclic) bond motifs is 1. The molecule has 0 radical (unpaired) electrons. The van der Waals surface area contributed by atoms with Gasteiger partial charge in [-0.05, 0) is 31.2 Å². The van der Waals surface area contributed by atoms with Crippen LogP contribution >= 0.6 is 11.6 Å². The lowest BCUT2D eigenvalue weighted by atomic mass is 10.3. The van der Waals surface area contributed by atoms with Gasteiger partial charge in [0.1, 0.15) is 5.82 Å². The van der Waals surface area contributed by atoms with Gasteiger partial charge < -0.3 is 5.32 Å². The third kappa shape index (κ3) is 1.91. The van der Waals surface area contributed by atoms with Crippen molar-refractivity contribution in [2.45, 2.75) is 6.92 Å². The highest BCUT2D eigenvalue weighted by Gasteiger charge is 2.08. The quantitative estimate of drug-likeness (QED) is 0.766. The maximum absolute atomic E-state index is 5.87. The van der Waals surface area contributed by atoms with Crippen molar-refractivity contribution in [3.05, 3.63) is 53.6 Å². The lowest BCUT2D eigenvalue weighted by Crippen LogP contribution is -1.96. The number of imidazole rings is 1. The summed E-state index contributed by atoms with van der Waals surface area (Å²) in [6.07, 6.45) is 5.36. The normalized spacial score (nSPS) is 10.8. The smallest absolute Gasteiger partial charge is 0.157 e. The lowest BCUT2D eigenvalue weighted by molar-refractivity contribution is 1.13. The second-order valence-electron chi connectivity index (χ2n) is 3.98. The summed E-state index contributed by atoms with van der Waals surface area (Å²) in [5, 5.41) is 4.06. The van der Waals surface area contributed by atoms with Crippen LogP contribution in [-0.4, -0.2) is 14.4 Å². The Labute approximate surface area is 109 Å². The fraction of sp³-hybridized carbons (Fsp3) is 0.0769. The molecule has 90 valence electrons. The highest BCUT2D eigenvalue weighted by molar-refractivity contribution is 6.30. The minimum Gasteiger partial charge on any atom is -0.340 e. The van der Waals surface area contributed by atoms with Gasteiger partial charge in [-0.3, -0.25) is 9.38 Å². The third-order valence-electron chi connectivity index (χ3n) is 2.71. The maximum Gasteiger partial charge on any atom is 0.157 e. The average Bonchev–Trinajstić information content (AvgIpc) is 2.69. The SMILES string of the molecule is Cc1nc2cnccn2c1Nc1ccc(Cl)cc1. The number of halogens is 1. The van der Waals surface area contributed by atoms with E-state index in [1.807, 2.05) is 41.8 Å². The monoisotopic (exact) mass is 258 g/mol. The van der Waals surface area contributed by atoms with Crippen molar-refractivity contribution in [1.82, 2.24) is 14.4 Å². The number of aryl methyl sites for hydroxylation is 1. The number of hydrogen-bond donors (Lipinski definition) is 1. The Morgan fingerprint density at radius 2 is 2.00 bits per heavy atom. The second kappa shape index (κ2) is 4.31. The van der Waals surface area contributed by atoms with Crippen LogP contribution in [0.2, 0.25) is 5.02 Å². The van der Waals surface area contributed by atoms with E-state index in [-0.39, 0.29) is 0 Å². The van der Waals surface area contributed by atoms with E-state index >= 15 is 0 Å². The molecule has 18 heavy (non-hydrogen) atoms. The third-order valence-corrected chi connectivity index (χ3v) is 2.96. The molecule has 0 aliphatic rings. The van der Waals surface area contributed by atoms with Gasteiger partial charge in [-0.1, -0.05) is 11.6 Å². The van der Waals surface area contributed by atoms with Crippen LogP contribution in [-0.2, 0) is 0 Å². The van der Waals surface area contributed by atoms with Crippen LogP contribution in [0, 0.1) is 6.92 Å². The molecule has 0 amide bonds. The molecule has 0 saturated heterocycles. The molecule has 0 fully saturated rings. The van der Waals surface area contributed by atoms with Crippen LogP contribution in [0.15, 0.2) is 42.9 Å². The summed E-state index contributed by atoms with van der Waals surface area (Å²) < 4.78 is 1.97. The van der Waals surface area contributed by atoms with Crippen LogP contribution in [0.25, 0.3) is 5.65 Å². The average molecular weight is 259 g/mol. The van der Waals surface area contributed by atoms with E-state index in [4.69, 9.17) is 11.6 Å². The van der Waals surface area contributed by atoms with Gasteiger partial charge in [0, 0.05) is 23.1 Å². The van der Waals surface area contributed by atoms with E-state index in [2.05, 4.69) is 15.3 Å². The van der Waals surface area contributed by atoms with Crippen molar-refractivity contribution in [1.29, 1.82) is 0 Å². The molecule has 0 aliphatic heterocycles. The number of benzene rings is 1. The Morgan fingerprint density at radius 1 is 1.22 bits per heavy atom. The second-order valence-corrected chi connectivity index (χ2v) is 4.42. The largest absolute Gasteiger partial charge is 0.340 e. The summed E-state index contributed by atoms with van der Waals surface area (Å²) in [4.78, 5) is 8.50. The van der Waals surface area contributed by atoms with E-state index in [1.165, 1.54) is 0 Å².